The number of rotatable bonds is 6. The van der Waals surface area contributed by atoms with E-state index in [9.17, 15) is 4.79 Å². The molecule has 1 aromatic rings. The average molecular weight is 276 g/mol. The first kappa shape index (κ1) is 15.0. The van der Waals surface area contributed by atoms with Gasteiger partial charge in [0.2, 0.25) is 0 Å². The topological polar surface area (TPSA) is 46.5 Å². The van der Waals surface area contributed by atoms with E-state index in [1.165, 1.54) is 32.1 Å². The van der Waals surface area contributed by atoms with E-state index >= 15 is 0 Å². The number of carboxylic acid groups (broad SMARTS) is 1. The molecule has 1 aliphatic rings. The summed E-state index contributed by atoms with van der Waals surface area (Å²) in [5.41, 5.74) is 1.43. The molecule has 20 heavy (non-hydrogen) atoms. The van der Waals surface area contributed by atoms with Gasteiger partial charge in [-0.15, -0.1) is 0 Å². The van der Waals surface area contributed by atoms with Crippen molar-refractivity contribution in [2.45, 2.75) is 51.6 Å². The van der Waals surface area contributed by atoms with Crippen molar-refractivity contribution in [1.29, 1.82) is 0 Å². The molecule has 2 unspecified atom stereocenters. The van der Waals surface area contributed by atoms with Crippen LogP contribution in [0.15, 0.2) is 24.3 Å². The Hall–Kier alpha value is -1.35. The molecule has 3 heteroatoms. The van der Waals surface area contributed by atoms with Gasteiger partial charge in [0.05, 0.1) is 18.3 Å². The normalized spacial score (nSPS) is 22.6. The maximum absolute atomic E-state index is 10.8. The van der Waals surface area contributed by atoms with Gasteiger partial charge in [-0.3, -0.25) is 0 Å². The fourth-order valence-electron chi connectivity index (χ4n) is 2.82. The quantitative estimate of drug-likeness (QED) is 0.782. The van der Waals surface area contributed by atoms with Crippen molar-refractivity contribution in [3.05, 3.63) is 35.4 Å². The maximum atomic E-state index is 10.8. The van der Waals surface area contributed by atoms with Gasteiger partial charge in [0.15, 0.2) is 0 Å². The zero-order chi connectivity index (χ0) is 14.4. The Bertz CT molecular complexity index is 416. The van der Waals surface area contributed by atoms with Gasteiger partial charge in [0.25, 0.3) is 0 Å². The van der Waals surface area contributed by atoms with Crippen molar-refractivity contribution in [3.63, 3.8) is 0 Å². The van der Waals surface area contributed by atoms with Gasteiger partial charge in [0.1, 0.15) is 0 Å². The second-order valence-corrected chi connectivity index (χ2v) is 5.69. The molecule has 0 bridgehead atoms. The predicted molar refractivity (Wildman–Crippen MR) is 79.0 cm³/mol. The smallest absolute Gasteiger partial charge is 0.335 e. The summed E-state index contributed by atoms with van der Waals surface area (Å²) >= 11 is 0. The van der Waals surface area contributed by atoms with Crippen molar-refractivity contribution < 1.29 is 14.6 Å². The molecule has 0 amide bonds. The van der Waals surface area contributed by atoms with Gasteiger partial charge in [-0.1, -0.05) is 38.3 Å². The molecule has 0 aliphatic carbocycles. The lowest BCUT2D eigenvalue weighted by atomic mass is 9.91. The van der Waals surface area contributed by atoms with Crippen LogP contribution in [0.3, 0.4) is 0 Å². The van der Waals surface area contributed by atoms with Gasteiger partial charge in [-0.2, -0.15) is 0 Å². The maximum Gasteiger partial charge on any atom is 0.335 e. The summed E-state index contributed by atoms with van der Waals surface area (Å²) < 4.78 is 5.96. The van der Waals surface area contributed by atoms with Gasteiger partial charge < -0.3 is 9.84 Å². The van der Waals surface area contributed by atoms with Crippen LogP contribution < -0.4 is 0 Å². The number of benzene rings is 1. The van der Waals surface area contributed by atoms with Crippen LogP contribution in [0.2, 0.25) is 0 Å². The minimum absolute atomic E-state index is 0.139. The molecule has 0 spiro atoms. The molecule has 1 fully saturated rings. The van der Waals surface area contributed by atoms with E-state index in [2.05, 4.69) is 6.92 Å². The second-order valence-electron chi connectivity index (χ2n) is 5.69. The van der Waals surface area contributed by atoms with Crippen LogP contribution in [-0.2, 0) is 4.74 Å². The molecule has 2 rings (SSSR count). The summed E-state index contributed by atoms with van der Waals surface area (Å²) in [5.74, 6) is -0.173. The first-order valence-electron chi connectivity index (χ1n) is 7.65. The molecule has 1 heterocycles. The van der Waals surface area contributed by atoms with E-state index in [4.69, 9.17) is 9.84 Å². The van der Waals surface area contributed by atoms with Gasteiger partial charge >= 0.3 is 5.97 Å². The molecule has 0 radical (unpaired) electrons. The standard InChI is InChI=1S/C17H24O3/c1-2-3-4-5-13-6-11-16(20-12-13)14-7-9-15(10-8-14)17(18)19/h7-10,13,16H,2-6,11-12H2,1H3,(H,18,19). The van der Waals surface area contributed by atoms with Crippen LogP contribution in [-0.4, -0.2) is 17.7 Å². The predicted octanol–water partition coefficient (Wildman–Crippen LogP) is 4.43. The summed E-state index contributed by atoms with van der Waals surface area (Å²) in [5, 5.41) is 8.89. The third-order valence-corrected chi connectivity index (χ3v) is 4.12. The molecular weight excluding hydrogens is 252 g/mol. The van der Waals surface area contributed by atoms with Crippen LogP contribution in [0.1, 0.15) is 67.5 Å². The van der Waals surface area contributed by atoms with E-state index < -0.39 is 5.97 Å². The summed E-state index contributed by atoms with van der Waals surface area (Å²) in [6.45, 7) is 3.07. The number of ether oxygens (including phenoxy) is 1. The van der Waals surface area contributed by atoms with Crippen LogP contribution >= 0.6 is 0 Å². The zero-order valence-electron chi connectivity index (χ0n) is 12.2. The Labute approximate surface area is 121 Å². The Morgan fingerprint density at radius 3 is 2.55 bits per heavy atom. The van der Waals surface area contributed by atoms with E-state index in [0.29, 0.717) is 11.5 Å². The van der Waals surface area contributed by atoms with E-state index in [-0.39, 0.29) is 6.10 Å². The Balaban J connectivity index is 1.82. The number of unbranched alkanes of at least 4 members (excludes halogenated alkanes) is 2. The largest absolute Gasteiger partial charge is 0.478 e. The minimum Gasteiger partial charge on any atom is -0.478 e. The van der Waals surface area contributed by atoms with Crippen molar-refractivity contribution >= 4 is 5.97 Å². The Kier molecular flexibility index (Phi) is 5.60. The summed E-state index contributed by atoms with van der Waals surface area (Å²) in [4.78, 5) is 10.8. The first-order valence-corrected chi connectivity index (χ1v) is 7.65. The minimum atomic E-state index is -0.878. The summed E-state index contributed by atoms with van der Waals surface area (Å²) in [6.07, 6.45) is 7.57. The molecule has 3 nitrogen and oxygen atoms in total. The van der Waals surface area contributed by atoms with Crippen LogP contribution in [0.4, 0.5) is 0 Å². The fraction of sp³-hybridized carbons (Fsp3) is 0.588. The summed E-state index contributed by atoms with van der Waals surface area (Å²) in [7, 11) is 0. The monoisotopic (exact) mass is 276 g/mol. The third-order valence-electron chi connectivity index (χ3n) is 4.12. The zero-order valence-corrected chi connectivity index (χ0v) is 12.2. The molecule has 1 aliphatic heterocycles. The Morgan fingerprint density at radius 2 is 2.00 bits per heavy atom. The van der Waals surface area contributed by atoms with E-state index in [1.54, 1.807) is 12.1 Å². The highest BCUT2D eigenvalue weighted by atomic mass is 16.5. The molecular formula is C17H24O3. The van der Waals surface area contributed by atoms with Crippen LogP contribution in [0.25, 0.3) is 0 Å². The molecule has 0 saturated carbocycles. The molecule has 1 N–H and O–H groups in total. The Morgan fingerprint density at radius 1 is 1.25 bits per heavy atom. The second kappa shape index (κ2) is 7.44. The van der Waals surface area contributed by atoms with Crippen LogP contribution in [0.5, 0.6) is 0 Å². The van der Waals surface area contributed by atoms with E-state index in [0.717, 1.165) is 18.6 Å². The van der Waals surface area contributed by atoms with Crippen LogP contribution in [0, 0.1) is 5.92 Å². The van der Waals surface area contributed by atoms with Crippen molar-refractivity contribution in [2.24, 2.45) is 5.92 Å². The number of hydrogen-bond acceptors (Lipinski definition) is 2. The lowest BCUT2D eigenvalue weighted by molar-refractivity contribution is -0.0198. The molecule has 110 valence electrons. The highest BCUT2D eigenvalue weighted by Crippen LogP contribution is 2.32. The van der Waals surface area contributed by atoms with Crippen molar-refractivity contribution in [1.82, 2.24) is 0 Å². The highest BCUT2D eigenvalue weighted by molar-refractivity contribution is 5.87. The lowest BCUT2D eigenvalue weighted by Gasteiger charge is -2.29. The summed E-state index contributed by atoms with van der Waals surface area (Å²) in [6, 6.07) is 7.08. The highest BCUT2D eigenvalue weighted by Gasteiger charge is 2.22. The number of aromatic carboxylic acids is 1. The third kappa shape index (κ3) is 4.07. The molecule has 1 aromatic carbocycles. The SMILES string of the molecule is CCCCCC1CCC(c2ccc(C(=O)O)cc2)OC1. The van der Waals surface area contributed by atoms with Gasteiger partial charge in [-0.25, -0.2) is 4.79 Å². The number of carbonyl (C=O) groups is 1. The van der Waals surface area contributed by atoms with E-state index in [1.807, 2.05) is 12.1 Å². The molecule has 2 atom stereocenters. The average Bonchev–Trinajstić information content (AvgIpc) is 2.48. The molecule has 1 saturated heterocycles. The fourth-order valence-corrected chi connectivity index (χ4v) is 2.82. The number of carboxylic acids is 1. The number of hydrogen-bond donors (Lipinski definition) is 1. The van der Waals surface area contributed by atoms with Gasteiger partial charge in [0, 0.05) is 0 Å². The van der Waals surface area contributed by atoms with Gasteiger partial charge in [-0.05, 0) is 42.9 Å². The molecule has 0 aromatic heterocycles. The van der Waals surface area contributed by atoms with Crippen molar-refractivity contribution in [2.75, 3.05) is 6.61 Å². The van der Waals surface area contributed by atoms with Crippen molar-refractivity contribution in [3.8, 4) is 0 Å². The first-order chi connectivity index (χ1) is 9.70. The lowest BCUT2D eigenvalue weighted by Crippen LogP contribution is -2.20.